The molecule has 0 aliphatic carbocycles. The van der Waals surface area contributed by atoms with Gasteiger partial charge in [-0.1, -0.05) is 0 Å². The van der Waals surface area contributed by atoms with E-state index < -0.39 is 11.5 Å². The molecule has 0 saturated carbocycles. The summed E-state index contributed by atoms with van der Waals surface area (Å²) >= 11 is 0. The largest absolute Gasteiger partial charge is 0.472 e. The molecule has 2 bridgehead atoms. The molecule has 0 spiro atoms. The summed E-state index contributed by atoms with van der Waals surface area (Å²) in [6.45, 7) is 3.76. The number of nitrogens with one attached hydrogen (secondary N) is 1. The lowest BCUT2D eigenvalue weighted by atomic mass is 10.1. The number of aromatic nitrogens is 3. The maximum Gasteiger partial charge on any atom is 0.285 e. The Kier molecular flexibility index (Phi) is 4.43. The number of hydrogen-bond donors (Lipinski definition) is 1. The Hall–Kier alpha value is -3.40. The molecule has 3 aromatic heterocycles. The number of aromatic amines is 1. The summed E-state index contributed by atoms with van der Waals surface area (Å²) in [7, 11) is 0. The van der Waals surface area contributed by atoms with Crippen LogP contribution in [0.5, 0.6) is 0 Å². The molecule has 30 heavy (non-hydrogen) atoms. The lowest BCUT2D eigenvalue weighted by molar-refractivity contribution is 0.0380. The SMILES string of the molecule is Cc1cc2ncc(C(=O)N3C[C@H]4COC[C@@H]3CN(C(=O)c3ccoc3)C4)c(=O)n2[nH]1. The highest BCUT2D eigenvalue weighted by atomic mass is 16.5. The van der Waals surface area contributed by atoms with Gasteiger partial charge in [-0.3, -0.25) is 19.5 Å². The third-order valence-corrected chi connectivity index (χ3v) is 5.64. The van der Waals surface area contributed by atoms with Gasteiger partial charge >= 0.3 is 0 Å². The first-order chi connectivity index (χ1) is 14.5. The summed E-state index contributed by atoms with van der Waals surface area (Å²) in [6.07, 6.45) is 4.21. The van der Waals surface area contributed by atoms with E-state index in [9.17, 15) is 14.4 Å². The number of H-pyrrole nitrogens is 1. The molecule has 5 rings (SSSR count). The van der Waals surface area contributed by atoms with Crippen molar-refractivity contribution in [3.63, 3.8) is 0 Å². The van der Waals surface area contributed by atoms with Gasteiger partial charge < -0.3 is 19.0 Å². The van der Waals surface area contributed by atoms with Crippen molar-refractivity contribution in [2.75, 3.05) is 32.8 Å². The predicted molar refractivity (Wildman–Crippen MR) is 104 cm³/mol. The van der Waals surface area contributed by atoms with Crippen molar-refractivity contribution in [2.24, 2.45) is 5.92 Å². The Labute approximate surface area is 171 Å². The highest BCUT2D eigenvalue weighted by molar-refractivity contribution is 5.95. The number of amides is 2. The van der Waals surface area contributed by atoms with Crippen LogP contribution in [0.1, 0.15) is 26.4 Å². The topological polar surface area (TPSA) is 113 Å². The lowest BCUT2D eigenvalue weighted by Gasteiger charge is -2.31. The molecule has 2 aliphatic rings. The number of fused-ring (bicyclic) bond motifs is 4. The minimum atomic E-state index is -0.441. The Morgan fingerprint density at radius 2 is 2.07 bits per heavy atom. The maximum atomic E-state index is 13.4. The number of hydrogen-bond acceptors (Lipinski definition) is 6. The van der Waals surface area contributed by atoms with Gasteiger partial charge in [0.05, 0.1) is 31.1 Å². The van der Waals surface area contributed by atoms with Crippen LogP contribution >= 0.6 is 0 Å². The summed E-state index contributed by atoms with van der Waals surface area (Å²) in [6, 6.07) is 3.01. The highest BCUT2D eigenvalue weighted by Gasteiger charge is 2.38. The minimum absolute atomic E-state index is 0.00499. The van der Waals surface area contributed by atoms with Crippen LogP contribution in [0.15, 0.2) is 40.1 Å². The molecule has 156 valence electrons. The molecule has 0 radical (unpaired) electrons. The smallest absolute Gasteiger partial charge is 0.285 e. The number of carbonyl (C=O) groups excluding carboxylic acids is 2. The van der Waals surface area contributed by atoms with Crippen LogP contribution in [0, 0.1) is 12.8 Å². The fourth-order valence-corrected chi connectivity index (χ4v) is 4.21. The fraction of sp³-hybridized carbons (Fsp3) is 0.400. The van der Waals surface area contributed by atoms with E-state index in [1.54, 1.807) is 21.9 Å². The Balaban J connectivity index is 1.46. The van der Waals surface area contributed by atoms with Gasteiger partial charge in [0.15, 0.2) is 5.65 Å². The summed E-state index contributed by atoms with van der Waals surface area (Å²) in [5.74, 6) is -0.586. The number of carbonyl (C=O) groups is 2. The molecule has 2 atom stereocenters. The standard InChI is InChI=1S/C20H21N5O5/c1-12-4-17-21-5-16(20(28)25(17)22-12)19(27)24-7-13-6-23(8-15(24)11-30-9-13)18(26)14-2-3-29-10-14/h2-5,10,13,15,22H,6-9,11H2,1H3/t13-,15-/m0/s1. The first-order valence-electron chi connectivity index (χ1n) is 9.79. The van der Waals surface area contributed by atoms with Crippen molar-refractivity contribution in [1.29, 1.82) is 0 Å². The van der Waals surface area contributed by atoms with E-state index in [1.807, 2.05) is 6.92 Å². The molecule has 0 aromatic carbocycles. The first kappa shape index (κ1) is 18.6. The quantitative estimate of drug-likeness (QED) is 0.658. The third kappa shape index (κ3) is 3.09. The zero-order valence-electron chi connectivity index (χ0n) is 16.4. The second-order valence-corrected chi connectivity index (χ2v) is 7.85. The van der Waals surface area contributed by atoms with E-state index in [-0.39, 0.29) is 23.4 Å². The Morgan fingerprint density at radius 1 is 1.20 bits per heavy atom. The van der Waals surface area contributed by atoms with Gasteiger partial charge in [0.2, 0.25) is 0 Å². The van der Waals surface area contributed by atoms with Crippen LogP contribution in [0.4, 0.5) is 0 Å². The van der Waals surface area contributed by atoms with Gasteiger partial charge in [-0.25, -0.2) is 9.50 Å². The molecule has 2 aliphatic heterocycles. The fourth-order valence-electron chi connectivity index (χ4n) is 4.21. The third-order valence-electron chi connectivity index (χ3n) is 5.64. The van der Waals surface area contributed by atoms with Gasteiger partial charge in [-0.05, 0) is 13.0 Å². The van der Waals surface area contributed by atoms with E-state index in [4.69, 9.17) is 9.15 Å². The number of nitrogens with zero attached hydrogens (tertiary/aromatic N) is 4. The van der Waals surface area contributed by atoms with Crippen LogP contribution < -0.4 is 5.56 Å². The van der Waals surface area contributed by atoms with Gasteiger partial charge in [0.25, 0.3) is 17.4 Å². The van der Waals surface area contributed by atoms with Crippen molar-refractivity contribution < 1.29 is 18.7 Å². The molecule has 1 N–H and O–H groups in total. The van der Waals surface area contributed by atoms with Crippen LogP contribution in [0.3, 0.4) is 0 Å². The second-order valence-electron chi connectivity index (χ2n) is 7.85. The first-order valence-corrected chi connectivity index (χ1v) is 9.79. The molecule has 3 aromatic rings. The molecule has 10 nitrogen and oxygen atoms in total. The summed E-state index contributed by atoms with van der Waals surface area (Å²) < 4.78 is 12.1. The van der Waals surface area contributed by atoms with Gasteiger partial charge in [0.1, 0.15) is 11.8 Å². The van der Waals surface area contributed by atoms with E-state index in [1.165, 1.54) is 23.2 Å². The van der Waals surface area contributed by atoms with Gasteiger partial charge in [0, 0.05) is 43.5 Å². The van der Waals surface area contributed by atoms with Crippen molar-refractivity contribution >= 4 is 17.5 Å². The summed E-state index contributed by atoms with van der Waals surface area (Å²) in [5.41, 5.74) is 1.27. The summed E-state index contributed by atoms with van der Waals surface area (Å²) in [5, 5.41) is 2.91. The Morgan fingerprint density at radius 3 is 2.87 bits per heavy atom. The Bertz CT molecular complexity index is 1160. The maximum absolute atomic E-state index is 13.4. The van der Waals surface area contributed by atoms with E-state index >= 15 is 0 Å². The van der Waals surface area contributed by atoms with Crippen molar-refractivity contribution in [3.05, 3.63) is 58.0 Å². The zero-order chi connectivity index (χ0) is 20.8. The number of rotatable bonds is 2. The van der Waals surface area contributed by atoms with E-state index in [0.29, 0.717) is 44.1 Å². The molecule has 10 heteroatoms. The number of furan rings is 1. The molecule has 2 fully saturated rings. The predicted octanol–water partition coefficient (Wildman–Crippen LogP) is 0.537. The number of ether oxygens (including phenoxy) is 1. The molecule has 0 unspecified atom stereocenters. The van der Waals surface area contributed by atoms with Crippen LogP contribution in [0.25, 0.3) is 5.65 Å². The van der Waals surface area contributed by atoms with Crippen LogP contribution in [-0.2, 0) is 4.74 Å². The molecule has 5 heterocycles. The lowest BCUT2D eigenvalue weighted by Crippen LogP contribution is -2.48. The number of aryl methyl sites for hydroxylation is 1. The van der Waals surface area contributed by atoms with E-state index in [0.717, 1.165) is 5.69 Å². The molecular weight excluding hydrogens is 390 g/mol. The van der Waals surface area contributed by atoms with Crippen molar-refractivity contribution in [1.82, 2.24) is 24.4 Å². The van der Waals surface area contributed by atoms with Gasteiger partial charge in [-0.2, -0.15) is 0 Å². The van der Waals surface area contributed by atoms with Gasteiger partial charge in [-0.15, -0.1) is 0 Å². The van der Waals surface area contributed by atoms with E-state index in [2.05, 4.69) is 10.1 Å². The van der Waals surface area contributed by atoms with Crippen LogP contribution in [-0.4, -0.2) is 75.1 Å². The molecular formula is C20H21N5O5. The average Bonchev–Trinajstić information content (AvgIpc) is 3.28. The molecule has 2 saturated heterocycles. The molecule has 2 amide bonds. The monoisotopic (exact) mass is 411 g/mol. The zero-order valence-corrected chi connectivity index (χ0v) is 16.4. The average molecular weight is 411 g/mol. The second kappa shape index (κ2) is 7.13. The van der Waals surface area contributed by atoms with Crippen molar-refractivity contribution in [3.8, 4) is 0 Å². The van der Waals surface area contributed by atoms with Crippen LogP contribution in [0.2, 0.25) is 0 Å². The van der Waals surface area contributed by atoms with Crippen molar-refractivity contribution in [2.45, 2.75) is 13.0 Å². The highest BCUT2D eigenvalue weighted by Crippen LogP contribution is 2.23. The summed E-state index contributed by atoms with van der Waals surface area (Å²) in [4.78, 5) is 46.7. The normalized spacial score (nSPS) is 21.6. The minimum Gasteiger partial charge on any atom is -0.472 e.